The van der Waals surface area contributed by atoms with Crippen LogP contribution < -0.4 is 0 Å². The highest BCUT2D eigenvalue weighted by Gasteiger charge is 2.08. The Labute approximate surface area is 71.3 Å². The SMILES string of the molecule is Cc1c[nH]c2c1N=CC(C)C=N2. The maximum absolute atomic E-state index is 4.35. The van der Waals surface area contributed by atoms with Crippen LogP contribution in [0.25, 0.3) is 0 Å². The molecular weight excluding hydrogens is 150 g/mol. The Bertz CT molecular complexity index is 347. The molecule has 0 aliphatic carbocycles. The quantitative estimate of drug-likeness (QED) is 0.607. The Balaban J connectivity index is 2.54. The van der Waals surface area contributed by atoms with Crippen LogP contribution in [0, 0.1) is 12.8 Å². The topological polar surface area (TPSA) is 40.5 Å². The van der Waals surface area contributed by atoms with Gasteiger partial charge in [-0.15, -0.1) is 0 Å². The summed E-state index contributed by atoms with van der Waals surface area (Å²) in [6.07, 6.45) is 5.73. The zero-order valence-electron chi connectivity index (χ0n) is 7.20. The number of aryl methyl sites for hydroxylation is 1. The van der Waals surface area contributed by atoms with Crippen LogP contribution in [0.3, 0.4) is 0 Å². The Hall–Kier alpha value is -1.38. The van der Waals surface area contributed by atoms with Crippen molar-refractivity contribution in [1.82, 2.24) is 4.98 Å². The molecule has 1 N–H and O–H groups in total. The fourth-order valence-electron chi connectivity index (χ4n) is 1.18. The molecule has 1 aromatic heterocycles. The highest BCUT2D eigenvalue weighted by atomic mass is 15.0. The molecule has 0 saturated carbocycles. The fourth-order valence-corrected chi connectivity index (χ4v) is 1.18. The number of aromatic amines is 1. The lowest BCUT2D eigenvalue weighted by molar-refractivity contribution is 1.12. The minimum absolute atomic E-state index is 0.324. The van der Waals surface area contributed by atoms with E-state index in [1.165, 1.54) is 0 Å². The van der Waals surface area contributed by atoms with E-state index in [0.29, 0.717) is 5.92 Å². The molecule has 62 valence electrons. The fraction of sp³-hybridized carbons (Fsp3) is 0.333. The third-order valence-electron chi connectivity index (χ3n) is 1.90. The third kappa shape index (κ3) is 1.07. The number of nitrogens with zero attached hydrogens (tertiary/aromatic N) is 2. The van der Waals surface area contributed by atoms with Crippen LogP contribution in [0.4, 0.5) is 11.5 Å². The highest BCUT2D eigenvalue weighted by Crippen LogP contribution is 2.31. The molecule has 0 saturated heterocycles. The summed E-state index contributed by atoms with van der Waals surface area (Å²) in [7, 11) is 0. The van der Waals surface area contributed by atoms with E-state index in [-0.39, 0.29) is 0 Å². The van der Waals surface area contributed by atoms with Gasteiger partial charge < -0.3 is 4.98 Å². The van der Waals surface area contributed by atoms with Crippen molar-refractivity contribution in [2.75, 3.05) is 0 Å². The molecule has 12 heavy (non-hydrogen) atoms. The van der Waals surface area contributed by atoms with E-state index in [4.69, 9.17) is 0 Å². The Morgan fingerprint density at radius 2 is 2.08 bits per heavy atom. The van der Waals surface area contributed by atoms with Crippen molar-refractivity contribution in [2.24, 2.45) is 15.9 Å². The molecule has 0 radical (unpaired) electrons. The summed E-state index contributed by atoms with van der Waals surface area (Å²) in [4.78, 5) is 11.7. The van der Waals surface area contributed by atoms with Crippen LogP contribution in [-0.2, 0) is 0 Å². The second-order valence-electron chi connectivity index (χ2n) is 3.08. The molecule has 1 aliphatic heterocycles. The first-order chi connectivity index (χ1) is 5.77. The van der Waals surface area contributed by atoms with Crippen molar-refractivity contribution in [3.63, 3.8) is 0 Å². The van der Waals surface area contributed by atoms with Gasteiger partial charge in [0.15, 0.2) is 5.82 Å². The van der Waals surface area contributed by atoms with E-state index >= 15 is 0 Å². The summed E-state index contributed by atoms with van der Waals surface area (Å²) in [5.41, 5.74) is 2.11. The molecule has 1 unspecified atom stereocenters. The molecule has 3 heteroatoms. The van der Waals surface area contributed by atoms with Crippen molar-refractivity contribution in [2.45, 2.75) is 13.8 Å². The van der Waals surface area contributed by atoms with Crippen LogP contribution in [-0.4, -0.2) is 17.4 Å². The molecule has 0 fully saturated rings. The van der Waals surface area contributed by atoms with Gasteiger partial charge in [-0.2, -0.15) is 0 Å². The maximum Gasteiger partial charge on any atom is 0.155 e. The van der Waals surface area contributed by atoms with Crippen LogP contribution in [0.1, 0.15) is 12.5 Å². The van der Waals surface area contributed by atoms with Crippen LogP contribution in [0.2, 0.25) is 0 Å². The lowest BCUT2D eigenvalue weighted by Gasteiger charge is -1.90. The smallest absolute Gasteiger partial charge is 0.155 e. The van der Waals surface area contributed by atoms with Gasteiger partial charge in [0.2, 0.25) is 0 Å². The summed E-state index contributed by atoms with van der Waals surface area (Å²) in [5.74, 6) is 1.19. The Morgan fingerprint density at radius 3 is 2.92 bits per heavy atom. The Kier molecular flexibility index (Phi) is 1.57. The summed E-state index contributed by atoms with van der Waals surface area (Å²) >= 11 is 0. The predicted octanol–water partition coefficient (Wildman–Crippen LogP) is 2.38. The van der Waals surface area contributed by atoms with Gasteiger partial charge in [0.1, 0.15) is 5.69 Å². The van der Waals surface area contributed by atoms with Crippen molar-refractivity contribution >= 4 is 23.9 Å². The number of hydrogen-bond donors (Lipinski definition) is 1. The number of fused-ring (bicyclic) bond motifs is 1. The van der Waals surface area contributed by atoms with E-state index < -0.39 is 0 Å². The number of rotatable bonds is 0. The van der Waals surface area contributed by atoms with E-state index in [9.17, 15) is 0 Å². The molecule has 1 atom stereocenters. The molecule has 0 aromatic carbocycles. The highest BCUT2D eigenvalue weighted by molar-refractivity contribution is 5.89. The monoisotopic (exact) mass is 161 g/mol. The van der Waals surface area contributed by atoms with E-state index in [0.717, 1.165) is 17.1 Å². The van der Waals surface area contributed by atoms with E-state index in [1.54, 1.807) is 0 Å². The number of hydrogen-bond acceptors (Lipinski definition) is 2. The summed E-state index contributed by atoms with van der Waals surface area (Å²) in [5, 5.41) is 0. The van der Waals surface area contributed by atoms with Gasteiger partial charge in [-0.1, -0.05) is 6.92 Å². The van der Waals surface area contributed by atoms with E-state index in [1.807, 2.05) is 25.5 Å². The standard InChI is InChI=1S/C9H11N3/c1-6-3-10-8-7(2)5-12-9(8)11-4-6/h3-6,12H,1-2H3. The minimum atomic E-state index is 0.324. The molecule has 0 amide bonds. The molecule has 1 aliphatic rings. The van der Waals surface area contributed by atoms with Gasteiger partial charge >= 0.3 is 0 Å². The first-order valence-corrected chi connectivity index (χ1v) is 4.03. The molecular formula is C9H11N3. The summed E-state index contributed by atoms with van der Waals surface area (Å²) in [6, 6.07) is 0. The zero-order chi connectivity index (χ0) is 8.55. The van der Waals surface area contributed by atoms with Crippen LogP contribution in [0.15, 0.2) is 16.2 Å². The molecule has 1 aromatic rings. The van der Waals surface area contributed by atoms with Gasteiger partial charge in [-0.3, -0.25) is 4.99 Å². The number of aliphatic imine (C=N–C) groups is 2. The van der Waals surface area contributed by atoms with Crippen molar-refractivity contribution in [3.05, 3.63) is 11.8 Å². The van der Waals surface area contributed by atoms with Gasteiger partial charge in [0, 0.05) is 24.5 Å². The third-order valence-corrected chi connectivity index (χ3v) is 1.90. The first kappa shape index (κ1) is 7.28. The van der Waals surface area contributed by atoms with Gasteiger partial charge in [0.25, 0.3) is 0 Å². The van der Waals surface area contributed by atoms with Crippen molar-refractivity contribution < 1.29 is 0 Å². The van der Waals surface area contributed by atoms with Crippen molar-refractivity contribution in [3.8, 4) is 0 Å². The molecule has 0 spiro atoms. The van der Waals surface area contributed by atoms with Gasteiger partial charge in [0.05, 0.1) is 0 Å². The lowest BCUT2D eigenvalue weighted by Crippen LogP contribution is -1.94. The first-order valence-electron chi connectivity index (χ1n) is 4.03. The number of aromatic nitrogens is 1. The molecule has 2 rings (SSSR count). The largest absolute Gasteiger partial charge is 0.345 e. The number of H-pyrrole nitrogens is 1. The number of nitrogens with one attached hydrogen (secondary N) is 1. The van der Waals surface area contributed by atoms with Gasteiger partial charge in [-0.25, -0.2) is 4.99 Å². The average molecular weight is 161 g/mol. The Morgan fingerprint density at radius 1 is 1.33 bits per heavy atom. The zero-order valence-corrected chi connectivity index (χ0v) is 7.20. The normalized spacial score (nSPS) is 20.7. The van der Waals surface area contributed by atoms with Gasteiger partial charge in [-0.05, 0) is 12.5 Å². The summed E-state index contributed by atoms with van der Waals surface area (Å²) in [6.45, 7) is 4.09. The molecule has 0 bridgehead atoms. The molecule has 2 heterocycles. The van der Waals surface area contributed by atoms with Crippen LogP contribution >= 0.6 is 0 Å². The minimum Gasteiger partial charge on any atom is -0.345 e. The second-order valence-corrected chi connectivity index (χ2v) is 3.08. The lowest BCUT2D eigenvalue weighted by atomic mass is 10.2. The summed E-state index contributed by atoms with van der Waals surface area (Å²) < 4.78 is 0. The maximum atomic E-state index is 4.35. The average Bonchev–Trinajstić information content (AvgIpc) is 2.28. The molecule has 3 nitrogen and oxygen atoms in total. The van der Waals surface area contributed by atoms with Crippen LogP contribution in [0.5, 0.6) is 0 Å². The second kappa shape index (κ2) is 2.59. The van der Waals surface area contributed by atoms with E-state index in [2.05, 4.69) is 21.9 Å². The predicted molar refractivity (Wildman–Crippen MR) is 51.0 cm³/mol. The van der Waals surface area contributed by atoms with Crippen molar-refractivity contribution in [1.29, 1.82) is 0 Å².